The van der Waals surface area contributed by atoms with Crippen molar-refractivity contribution in [3.63, 3.8) is 0 Å². The van der Waals surface area contributed by atoms with E-state index in [0.717, 1.165) is 16.9 Å². The van der Waals surface area contributed by atoms with Crippen molar-refractivity contribution in [2.75, 3.05) is 10.6 Å². The van der Waals surface area contributed by atoms with E-state index in [4.69, 9.17) is 0 Å². The lowest BCUT2D eigenvalue weighted by molar-refractivity contribution is -0.115. The first-order valence-electron chi connectivity index (χ1n) is 6.97. The van der Waals surface area contributed by atoms with Gasteiger partial charge in [0.25, 0.3) is 0 Å². The summed E-state index contributed by atoms with van der Waals surface area (Å²) in [5.41, 5.74) is 3.40. The number of anilines is 2. The highest BCUT2D eigenvalue weighted by Gasteiger charge is 2.01. The maximum absolute atomic E-state index is 13.2. The summed E-state index contributed by atoms with van der Waals surface area (Å²) >= 11 is 0. The van der Waals surface area contributed by atoms with E-state index >= 15 is 0 Å². The zero-order valence-corrected chi connectivity index (χ0v) is 12.2. The Morgan fingerprint density at radius 3 is 2.38 bits per heavy atom. The Bertz CT molecular complexity index is 623. The number of hydrogen-bond acceptors (Lipinski definition) is 2. The van der Waals surface area contributed by atoms with Gasteiger partial charge in [-0.15, -0.1) is 0 Å². The SMILES string of the molecule is CCC(=O)Nc1ccc(NCc2ccc(F)c(C)c2)cc1. The van der Waals surface area contributed by atoms with E-state index in [1.807, 2.05) is 37.3 Å². The van der Waals surface area contributed by atoms with E-state index < -0.39 is 0 Å². The lowest BCUT2D eigenvalue weighted by Gasteiger charge is -2.09. The first-order valence-corrected chi connectivity index (χ1v) is 6.97. The van der Waals surface area contributed by atoms with Crippen molar-refractivity contribution in [1.29, 1.82) is 0 Å². The minimum absolute atomic E-state index is 0.00232. The van der Waals surface area contributed by atoms with Crippen LogP contribution in [0.1, 0.15) is 24.5 Å². The van der Waals surface area contributed by atoms with Crippen LogP contribution in [0, 0.1) is 12.7 Å². The first-order chi connectivity index (χ1) is 10.1. The fourth-order valence-electron chi connectivity index (χ4n) is 1.94. The molecule has 0 fully saturated rings. The van der Waals surface area contributed by atoms with Gasteiger partial charge in [0.1, 0.15) is 5.82 Å². The molecule has 0 saturated heterocycles. The molecule has 2 aromatic rings. The minimum atomic E-state index is -0.185. The summed E-state index contributed by atoms with van der Waals surface area (Å²) in [6, 6.07) is 12.6. The Kier molecular flexibility index (Phi) is 4.93. The molecule has 2 N–H and O–H groups in total. The van der Waals surface area contributed by atoms with E-state index in [2.05, 4.69) is 10.6 Å². The maximum atomic E-state index is 13.2. The highest BCUT2D eigenvalue weighted by atomic mass is 19.1. The molecule has 2 rings (SSSR count). The summed E-state index contributed by atoms with van der Waals surface area (Å²) in [6.07, 6.45) is 0.462. The van der Waals surface area contributed by atoms with Crippen LogP contribution in [0.5, 0.6) is 0 Å². The topological polar surface area (TPSA) is 41.1 Å². The number of halogens is 1. The van der Waals surface area contributed by atoms with Crippen molar-refractivity contribution in [3.05, 3.63) is 59.4 Å². The number of nitrogens with one attached hydrogen (secondary N) is 2. The van der Waals surface area contributed by atoms with Crippen molar-refractivity contribution in [2.24, 2.45) is 0 Å². The maximum Gasteiger partial charge on any atom is 0.224 e. The van der Waals surface area contributed by atoms with Crippen LogP contribution >= 0.6 is 0 Å². The van der Waals surface area contributed by atoms with Crippen LogP contribution in [0.3, 0.4) is 0 Å². The number of carbonyl (C=O) groups excluding carboxylic acids is 1. The Morgan fingerprint density at radius 1 is 1.10 bits per heavy atom. The zero-order chi connectivity index (χ0) is 15.2. The lowest BCUT2D eigenvalue weighted by Crippen LogP contribution is -2.09. The van der Waals surface area contributed by atoms with Crippen LogP contribution in [0.2, 0.25) is 0 Å². The Labute approximate surface area is 124 Å². The Morgan fingerprint density at radius 2 is 1.76 bits per heavy atom. The predicted molar refractivity (Wildman–Crippen MR) is 83.8 cm³/mol. The highest BCUT2D eigenvalue weighted by molar-refractivity contribution is 5.90. The Hall–Kier alpha value is -2.36. The zero-order valence-electron chi connectivity index (χ0n) is 12.2. The van der Waals surface area contributed by atoms with Gasteiger partial charge in [-0.3, -0.25) is 4.79 Å². The monoisotopic (exact) mass is 286 g/mol. The molecule has 4 heteroatoms. The number of aryl methyl sites for hydroxylation is 1. The van der Waals surface area contributed by atoms with Crippen molar-refractivity contribution in [1.82, 2.24) is 0 Å². The van der Waals surface area contributed by atoms with Crippen LogP contribution in [0.15, 0.2) is 42.5 Å². The number of hydrogen-bond donors (Lipinski definition) is 2. The predicted octanol–water partition coefficient (Wildman–Crippen LogP) is 4.09. The average Bonchev–Trinajstić information content (AvgIpc) is 2.50. The molecular formula is C17H19FN2O. The van der Waals surface area contributed by atoms with Gasteiger partial charge < -0.3 is 10.6 Å². The van der Waals surface area contributed by atoms with Gasteiger partial charge in [0.05, 0.1) is 0 Å². The fraction of sp³-hybridized carbons (Fsp3) is 0.235. The molecule has 21 heavy (non-hydrogen) atoms. The molecule has 0 saturated carbocycles. The highest BCUT2D eigenvalue weighted by Crippen LogP contribution is 2.16. The second-order valence-electron chi connectivity index (χ2n) is 4.92. The molecule has 0 bridgehead atoms. The number of rotatable bonds is 5. The number of benzene rings is 2. The van der Waals surface area contributed by atoms with Gasteiger partial charge in [0.15, 0.2) is 0 Å². The van der Waals surface area contributed by atoms with Crippen molar-refractivity contribution < 1.29 is 9.18 Å². The van der Waals surface area contributed by atoms with Gasteiger partial charge in [-0.1, -0.05) is 19.1 Å². The lowest BCUT2D eigenvalue weighted by atomic mass is 10.1. The van der Waals surface area contributed by atoms with Crippen LogP contribution < -0.4 is 10.6 Å². The molecule has 0 radical (unpaired) electrons. The molecule has 0 aromatic heterocycles. The molecule has 0 heterocycles. The second-order valence-corrected chi connectivity index (χ2v) is 4.92. The summed E-state index contributed by atoms with van der Waals surface area (Å²) in [7, 11) is 0. The van der Waals surface area contributed by atoms with Gasteiger partial charge >= 0.3 is 0 Å². The summed E-state index contributed by atoms with van der Waals surface area (Å²) in [5, 5.41) is 6.06. The second kappa shape index (κ2) is 6.88. The molecule has 0 spiro atoms. The minimum Gasteiger partial charge on any atom is -0.381 e. The van der Waals surface area contributed by atoms with E-state index in [1.165, 1.54) is 6.07 Å². The molecule has 0 aliphatic carbocycles. The quantitative estimate of drug-likeness (QED) is 0.869. The van der Waals surface area contributed by atoms with Crippen molar-refractivity contribution in [3.8, 4) is 0 Å². The first kappa shape index (κ1) is 15.0. The van der Waals surface area contributed by atoms with Crippen molar-refractivity contribution in [2.45, 2.75) is 26.8 Å². The molecule has 2 aromatic carbocycles. The average molecular weight is 286 g/mol. The van der Waals surface area contributed by atoms with Gasteiger partial charge in [-0.05, 0) is 48.4 Å². The van der Waals surface area contributed by atoms with Crippen LogP contribution in [0.4, 0.5) is 15.8 Å². The third-order valence-corrected chi connectivity index (χ3v) is 3.21. The number of amides is 1. The van der Waals surface area contributed by atoms with E-state index in [0.29, 0.717) is 18.5 Å². The van der Waals surface area contributed by atoms with Gasteiger partial charge in [-0.2, -0.15) is 0 Å². The van der Waals surface area contributed by atoms with E-state index in [9.17, 15) is 9.18 Å². The van der Waals surface area contributed by atoms with Crippen LogP contribution in [-0.4, -0.2) is 5.91 Å². The fourth-order valence-corrected chi connectivity index (χ4v) is 1.94. The molecule has 0 unspecified atom stereocenters. The van der Waals surface area contributed by atoms with Crippen LogP contribution in [-0.2, 0) is 11.3 Å². The Balaban J connectivity index is 1.94. The van der Waals surface area contributed by atoms with Gasteiger partial charge in [0.2, 0.25) is 5.91 Å². The summed E-state index contributed by atoms with van der Waals surface area (Å²) < 4.78 is 13.2. The number of carbonyl (C=O) groups is 1. The van der Waals surface area contributed by atoms with E-state index in [1.54, 1.807) is 13.0 Å². The summed E-state index contributed by atoms with van der Waals surface area (Å²) in [6.45, 7) is 4.20. The largest absolute Gasteiger partial charge is 0.381 e. The summed E-state index contributed by atoms with van der Waals surface area (Å²) in [4.78, 5) is 11.3. The molecule has 110 valence electrons. The van der Waals surface area contributed by atoms with Crippen LogP contribution in [0.25, 0.3) is 0 Å². The normalized spacial score (nSPS) is 10.2. The van der Waals surface area contributed by atoms with Gasteiger partial charge in [-0.25, -0.2) is 4.39 Å². The standard InChI is InChI=1S/C17H19FN2O/c1-3-17(21)20-15-7-5-14(6-8-15)19-11-13-4-9-16(18)12(2)10-13/h4-10,19H,3,11H2,1-2H3,(H,20,21). The molecule has 0 aliphatic heterocycles. The summed E-state index contributed by atoms with van der Waals surface area (Å²) in [5.74, 6) is -0.188. The van der Waals surface area contributed by atoms with E-state index in [-0.39, 0.29) is 11.7 Å². The molecule has 1 amide bonds. The smallest absolute Gasteiger partial charge is 0.224 e. The molecule has 3 nitrogen and oxygen atoms in total. The third-order valence-electron chi connectivity index (χ3n) is 3.21. The van der Waals surface area contributed by atoms with Crippen molar-refractivity contribution >= 4 is 17.3 Å². The third kappa shape index (κ3) is 4.31. The molecule has 0 aliphatic rings. The van der Waals surface area contributed by atoms with Gasteiger partial charge in [0, 0.05) is 24.3 Å². The molecular weight excluding hydrogens is 267 g/mol. The molecule has 0 atom stereocenters.